The molecule has 48 heavy (non-hydrogen) atoms. The highest BCUT2D eigenvalue weighted by atomic mass is 16.3. The number of hydrogen-bond acceptors (Lipinski definition) is 15. The average Bonchev–Trinajstić information content (AvgIpc) is 3.02. The number of carbonyl (C=O) groups is 7. The highest BCUT2D eigenvalue weighted by molar-refractivity contribution is 6.02. The Morgan fingerprint density at radius 1 is 0.979 bits per heavy atom. The molecule has 1 fully saturated rings. The van der Waals surface area contributed by atoms with Gasteiger partial charge in [0.15, 0.2) is 5.96 Å². The SMILES string of the molecule is NCCC[C@H](N)CC(=O)NC1CNC(=O)[C@H]([C@H]2C[C@H](O)NC(N)=N2)NC(=O)/C(=C/NC(N)=O)NC(=O)[C@H](CO)NC(=O)C(CO)NC1=O. The highest BCUT2D eigenvalue weighted by Crippen LogP contribution is 2.12. The number of aliphatic hydroxyl groups excluding tert-OH is 3. The summed E-state index contributed by atoms with van der Waals surface area (Å²) in [7, 11) is 0. The van der Waals surface area contributed by atoms with E-state index >= 15 is 0 Å². The van der Waals surface area contributed by atoms with E-state index in [1.807, 2.05) is 5.32 Å². The van der Waals surface area contributed by atoms with Gasteiger partial charge in [-0.1, -0.05) is 0 Å². The predicted molar refractivity (Wildman–Crippen MR) is 164 cm³/mol. The zero-order chi connectivity index (χ0) is 36.0. The number of hydrogen-bond donors (Lipinski definition) is 15. The van der Waals surface area contributed by atoms with E-state index in [2.05, 4.69) is 42.2 Å². The molecule has 8 amide bonds. The maximum Gasteiger partial charge on any atom is 0.316 e. The van der Waals surface area contributed by atoms with Crippen LogP contribution in [0.15, 0.2) is 16.9 Å². The Labute approximate surface area is 273 Å². The first-order valence-corrected chi connectivity index (χ1v) is 14.7. The zero-order valence-corrected chi connectivity index (χ0v) is 25.7. The molecule has 0 radical (unpaired) electrons. The van der Waals surface area contributed by atoms with E-state index in [0.717, 1.165) is 0 Å². The van der Waals surface area contributed by atoms with Crippen LogP contribution in [0.25, 0.3) is 0 Å². The summed E-state index contributed by atoms with van der Waals surface area (Å²) in [6, 6.07) is -9.80. The lowest BCUT2D eigenvalue weighted by molar-refractivity contribution is -0.135. The molecule has 7 atom stereocenters. The normalized spacial score (nSPS) is 27.6. The third kappa shape index (κ3) is 12.3. The van der Waals surface area contributed by atoms with Gasteiger partial charge in [0.05, 0.1) is 19.3 Å². The fraction of sp³-hybridized carbons (Fsp3) is 0.600. The van der Waals surface area contributed by atoms with Crippen molar-refractivity contribution in [3.05, 3.63) is 11.9 Å². The fourth-order valence-electron chi connectivity index (χ4n) is 4.44. The molecular formula is C25H43N13O10. The number of aliphatic imine (C=N–C) groups is 1. The standard InChI is InChI=1S/C25H43N13O10/c26-3-1-2-10(27)4-16(41)32-12-6-30-23(47)18(11-5-17(42)37-24(28)36-11)38-20(44)13(7-31-25(29)48)33-21(45)14(8-39)35-22(46)15(9-40)34-19(12)43/h7,10-12,14-15,17-18,39-40,42H,1-6,8-9,26-27H2,(H,30,47)(H,32,41)(H,33,45)(H,34,43)(H,35,46)(H,38,44)(H3,28,36,37)(H3,29,31,48)/b13-7-/t10-,11+,12?,14-,15?,17-,18-/m0/s1. The Morgan fingerprint density at radius 3 is 2.23 bits per heavy atom. The van der Waals surface area contributed by atoms with Gasteiger partial charge in [0.25, 0.3) is 5.91 Å². The Kier molecular flexibility index (Phi) is 15.4. The van der Waals surface area contributed by atoms with Gasteiger partial charge < -0.3 is 80.8 Å². The average molecular weight is 686 g/mol. The van der Waals surface area contributed by atoms with Crippen molar-refractivity contribution in [2.75, 3.05) is 26.3 Å². The van der Waals surface area contributed by atoms with Gasteiger partial charge in [-0.2, -0.15) is 0 Å². The number of nitrogens with two attached hydrogens (primary N) is 4. The first-order valence-electron chi connectivity index (χ1n) is 14.7. The van der Waals surface area contributed by atoms with Gasteiger partial charge in [-0.3, -0.25) is 28.8 Å². The molecule has 0 bridgehead atoms. The molecule has 2 aliphatic rings. The quantitative estimate of drug-likeness (QED) is 0.0950. The Balaban J connectivity index is 2.55. The van der Waals surface area contributed by atoms with Crippen LogP contribution in [0.2, 0.25) is 0 Å². The molecule has 23 nitrogen and oxygen atoms in total. The third-order valence-electron chi connectivity index (χ3n) is 6.89. The van der Waals surface area contributed by atoms with Crippen LogP contribution in [0.4, 0.5) is 4.79 Å². The summed E-state index contributed by atoms with van der Waals surface area (Å²) >= 11 is 0. The molecule has 1 saturated heterocycles. The van der Waals surface area contributed by atoms with Gasteiger partial charge in [0.1, 0.15) is 36.1 Å². The number of urea groups is 1. The second-order valence-electron chi connectivity index (χ2n) is 10.7. The Bertz CT molecular complexity index is 1280. The van der Waals surface area contributed by atoms with Crippen LogP contribution in [0.5, 0.6) is 0 Å². The van der Waals surface area contributed by atoms with Crippen molar-refractivity contribution >= 4 is 47.4 Å². The maximum atomic E-state index is 13.6. The summed E-state index contributed by atoms with van der Waals surface area (Å²) in [6.07, 6.45) is -0.253. The van der Waals surface area contributed by atoms with E-state index in [1.54, 1.807) is 0 Å². The molecule has 0 aliphatic carbocycles. The monoisotopic (exact) mass is 685 g/mol. The third-order valence-corrected chi connectivity index (χ3v) is 6.89. The van der Waals surface area contributed by atoms with Gasteiger partial charge in [0.2, 0.25) is 29.5 Å². The van der Waals surface area contributed by atoms with Crippen molar-refractivity contribution < 1.29 is 48.9 Å². The topological polar surface area (TPSA) is 393 Å². The van der Waals surface area contributed by atoms with E-state index in [1.165, 1.54) is 0 Å². The first kappa shape index (κ1) is 39.1. The number of guanidine groups is 1. The van der Waals surface area contributed by atoms with Crippen LogP contribution >= 0.6 is 0 Å². The number of primary amides is 1. The summed E-state index contributed by atoms with van der Waals surface area (Å²) in [4.78, 5) is 94.3. The zero-order valence-electron chi connectivity index (χ0n) is 25.7. The molecule has 0 aromatic heterocycles. The van der Waals surface area contributed by atoms with Crippen molar-refractivity contribution in [2.24, 2.45) is 27.9 Å². The molecule has 23 heteroatoms. The minimum absolute atomic E-state index is 0.247. The van der Waals surface area contributed by atoms with E-state index in [4.69, 9.17) is 22.9 Å². The van der Waals surface area contributed by atoms with Gasteiger partial charge in [0, 0.05) is 31.6 Å². The van der Waals surface area contributed by atoms with Crippen LogP contribution in [-0.4, -0.2) is 132 Å². The predicted octanol–water partition coefficient (Wildman–Crippen LogP) is -8.88. The van der Waals surface area contributed by atoms with Crippen molar-refractivity contribution in [1.82, 2.24) is 42.5 Å². The second-order valence-corrected chi connectivity index (χ2v) is 10.7. The summed E-state index contributed by atoms with van der Waals surface area (Å²) in [6.45, 7) is -2.37. The number of aliphatic hydroxyl groups is 3. The summed E-state index contributed by atoms with van der Waals surface area (Å²) in [5, 5.41) is 47.7. The van der Waals surface area contributed by atoms with Crippen molar-refractivity contribution in [1.29, 1.82) is 0 Å². The minimum Gasteiger partial charge on any atom is -0.394 e. The lowest BCUT2D eigenvalue weighted by Gasteiger charge is -2.31. The van der Waals surface area contributed by atoms with Gasteiger partial charge in [-0.15, -0.1) is 0 Å². The van der Waals surface area contributed by atoms with Crippen molar-refractivity contribution in [2.45, 2.75) is 68.2 Å². The highest BCUT2D eigenvalue weighted by Gasteiger charge is 2.37. The lowest BCUT2D eigenvalue weighted by Crippen LogP contribution is -2.63. The molecule has 0 aromatic carbocycles. The first-order chi connectivity index (χ1) is 22.7. The fourth-order valence-corrected chi connectivity index (χ4v) is 4.44. The Hall–Kier alpha value is -5.10. The van der Waals surface area contributed by atoms with Crippen LogP contribution in [0.3, 0.4) is 0 Å². The van der Waals surface area contributed by atoms with E-state index in [-0.39, 0.29) is 18.8 Å². The maximum absolute atomic E-state index is 13.6. The van der Waals surface area contributed by atoms with Crippen LogP contribution < -0.4 is 65.5 Å². The molecule has 0 saturated carbocycles. The number of rotatable bonds is 10. The van der Waals surface area contributed by atoms with Gasteiger partial charge in [-0.25, -0.2) is 9.79 Å². The lowest BCUT2D eigenvalue weighted by atomic mass is 10.0. The summed E-state index contributed by atoms with van der Waals surface area (Å²) in [5.74, 6) is -6.69. The van der Waals surface area contributed by atoms with E-state index in [0.29, 0.717) is 25.6 Å². The molecule has 19 N–H and O–H groups in total. The molecular weight excluding hydrogens is 642 g/mol. The largest absolute Gasteiger partial charge is 0.394 e. The van der Waals surface area contributed by atoms with Crippen molar-refractivity contribution in [3.8, 4) is 0 Å². The smallest absolute Gasteiger partial charge is 0.316 e. The molecule has 2 rings (SSSR count). The summed E-state index contributed by atoms with van der Waals surface area (Å²) in [5.41, 5.74) is 21.5. The molecule has 2 unspecified atom stereocenters. The number of carbonyl (C=O) groups excluding carboxylic acids is 7. The number of nitrogens with zero attached hydrogens (tertiary/aromatic N) is 1. The molecule has 0 spiro atoms. The van der Waals surface area contributed by atoms with Gasteiger partial charge in [-0.05, 0) is 19.4 Å². The number of nitrogens with one attached hydrogen (secondary N) is 8. The van der Waals surface area contributed by atoms with E-state index < -0.39 is 109 Å². The van der Waals surface area contributed by atoms with Crippen LogP contribution in [0, 0.1) is 0 Å². The van der Waals surface area contributed by atoms with Crippen molar-refractivity contribution in [3.63, 3.8) is 0 Å². The molecule has 2 heterocycles. The minimum atomic E-state index is -1.78. The van der Waals surface area contributed by atoms with Crippen LogP contribution in [-0.2, 0) is 28.8 Å². The summed E-state index contributed by atoms with van der Waals surface area (Å²) < 4.78 is 0. The van der Waals surface area contributed by atoms with Gasteiger partial charge >= 0.3 is 6.03 Å². The second kappa shape index (κ2) is 18.9. The Morgan fingerprint density at radius 2 is 1.62 bits per heavy atom. The molecule has 268 valence electrons. The molecule has 2 aliphatic heterocycles. The van der Waals surface area contributed by atoms with Crippen LogP contribution in [0.1, 0.15) is 25.7 Å². The van der Waals surface area contributed by atoms with E-state index in [9.17, 15) is 48.9 Å². The number of amides is 8. The molecule has 0 aromatic rings.